The van der Waals surface area contributed by atoms with Crippen molar-refractivity contribution in [3.05, 3.63) is 29.8 Å². The number of likely N-dealkylation sites (N-methyl/N-ethyl adjacent to an activating group) is 1. The zero-order chi connectivity index (χ0) is 15.1. The standard InChI is InChI=1S/C14H20N6O/c1-3-15-8-9-16-13(21)10-20-18-14(17-19-20)12-6-4-11(2)5-7-12/h4-7,15H,3,8-10H2,1-2H3,(H,16,21). The quantitative estimate of drug-likeness (QED) is 0.719. The van der Waals surface area contributed by atoms with Gasteiger partial charge in [-0.1, -0.05) is 36.8 Å². The number of aryl methyl sites for hydroxylation is 1. The average Bonchev–Trinajstić information content (AvgIpc) is 2.93. The average molecular weight is 288 g/mol. The lowest BCUT2D eigenvalue weighted by atomic mass is 10.1. The van der Waals surface area contributed by atoms with Gasteiger partial charge in [0.05, 0.1) is 0 Å². The minimum absolute atomic E-state index is 0.0744. The predicted octanol–water partition coefficient (Wildman–Crippen LogP) is 0.374. The Morgan fingerprint density at radius 2 is 2.00 bits per heavy atom. The van der Waals surface area contributed by atoms with Gasteiger partial charge in [-0.05, 0) is 18.7 Å². The molecular weight excluding hydrogens is 268 g/mol. The van der Waals surface area contributed by atoms with E-state index in [2.05, 4.69) is 26.0 Å². The number of hydrogen-bond acceptors (Lipinski definition) is 5. The molecule has 2 aromatic rings. The molecule has 0 atom stereocenters. The molecule has 0 aliphatic rings. The number of carbonyl (C=O) groups is 1. The first kappa shape index (κ1) is 15.1. The number of benzene rings is 1. The Kier molecular flexibility index (Phi) is 5.39. The molecule has 7 heteroatoms. The lowest BCUT2D eigenvalue weighted by molar-refractivity contribution is -0.122. The van der Waals surface area contributed by atoms with E-state index in [0.29, 0.717) is 12.4 Å². The van der Waals surface area contributed by atoms with Crippen LogP contribution in [0.1, 0.15) is 12.5 Å². The van der Waals surface area contributed by atoms with Crippen molar-refractivity contribution >= 4 is 5.91 Å². The van der Waals surface area contributed by atoms with Crippen molar-refractivity contribution in [3.63, 3.8) is 0 Å². The van der Waals surface area contributed by atoms with E-state index in [1.165, 1.54) is 10.4 Å². The summed E-state index contributed by atoms with van der Waals surface area (Å²) in [5, 5.41) is 18.0. The first-order valence-electron chi connectivity index (χ1n) is 7.01. The highest BCUT2D eigenvalue weighted by molar-refractivity contribution is 5.75. The van der Waals surface area contributed by atoms with E-state index in [4.69, 9.17) is 0 Å². The van der Waals surface area contributed by atoms with Gasteiger partial charge >= 0.3 is 0 Å². The van der Waals surface area contributed by atoms with Gasteiger partial charge in [-0.3, -0.25) is 4.79 Å². The van der Waals surface area contributed by atoms with E-state index in [1.807, 2.05) is 38.1 Å². The molecule has 7 nitrogen and oxygen atoms in total. The fraction of sp³-hybridized carbons (Fsp3) is 0.429. The van der Waals surface area contributed by atoms with Crippen molar-refractivity contribution in [1.29, 1.82) is 0 Å². The number of aromatic nitrogens is 4. The van der Waals surface area contributed by atoms with Crippen LogP contribution in [-0.2, 0) is 11.3 Å². The van der Waals surface area contributed by atoms with Crippen LogP contribution < -0.4 is 10.6 Å². The van der Waals surface area contributed by atoms with Crippen molar-refractivity contribution < 1.29 is 4.79 Å². The maximum absolute atomic E-state index is 11.7. The summed E-state index contributed by atoms with van der Waals surface area (Å²) in [7, 11) is 0. The van der Waals surface area contributed by atoms with Crippen LogP contribution in [0.3, 0.4) is 0 Å². The molecule has 2 rings (SSSR count). The monoisotopic (exact) mass is 288 g/mol. The van der Waals surface area contributed by atoms with Crippen molar-refractivity contribution in [1.82, 2.24) is 30.8 Å². The maximum atomic E-state index is 11.7. The summed E-state index contributed by atoms with van der Waals surface area (Å²) >= 11 is 0. The number of amides is 1. The van der Waals surface area contributed by atoms with Crippen molar-refractivity contribution in [2.24, 2.45) is 0 Å². The third kappa shape index (κ3) is 4.64. The first-order chi connectivity index (χ1) is 10.2. The predicted molar refractivity (Wildman–Crippen MR) is 79.5 cm³/mol. The highest BCUT2D eigenvalue weighted by Gasteiger charge is 2.08. The molecule has 0 bridgehead atoms. The zero-order valence-corrected chi connectivity index (χ0v) is 12.3. The first-order valence-corrected chi connectivity index (χ1v) is 7.01. The summed E-state index contributed by atoms with van der Waals surface area (Å²) in [6.07, 6.45) is 0. The van der Waals surface area contributed by atoms with Gasteiger partial charge in [0.15, 0.2) is 0 Å². The molecule has 1 heterocycles. The second kappa shape index (κ2) is 7.49. The number of tetrazole rings is 1. The summed E-state index contributed by atoms with van der Waals surface area (Å²) in [6.45, 7) is 6.35. The van der Waals surface area contributed by atoms with Crippen LogP contribution in [0.4, 0.5) is 0 Å². The van der Waals surface area contributed by atoms with Crippen LogP contribution in [0.2, 0.25) is 0 Å². The van der Waals surface area contributed by atoms with Gasteiger partial charge in [0.1, 0.15) is 6.54 Å². The molecule has 1 amide bonds. The third-order valence-electron chi connectivity index (χ3n) is 2.92. The highest BCUT2D eigenvalue weighted by Crippen LogP contribution is 2.13. The van der Waals surface area contributed by atoms with E-state index in [0.717, 1.165) is 18.7 Å². The van der Waals surface area contributed by atoms with Gasteiger partial charge in [0, 0.05) is 18.7 Å². The third-order valence-corrected chi connectivity index (χ3v) is 2.92. The Bertz CT molecular complexity index is 577. The lowest BCUT2D eigenvalue weighted by Gasteiger charge is -2.04. The topological polar surface area (TPSA) is 84.7 Å². The second-order valence-corrected chi connectivity index (χ2v) is 4.71. The minimum atomic E-state index is -0.124. The molecular formula is C14H20N6O. The van der Waals surface area contributed by atoms with Crippen LogP contribution >= 0.6 is 0 Å². The molecule has 1 aromatic heterocycles. The van der Waals surface area contributed by atoms with Gasteiger partial charge in [0.25, 0.3) is 0 Å². The molecule has 2 N–H and O–H groups in total. The summed E-state index contributed by atoms with van der Waals surface area (Å²) in [4.78, 5) is 13.0. The van der Waals surface area contributed by atoms with Gasteiger partial charge in [-0.25, -0.2) is 0 Å². The Morgan fingerprint density at radius 3 is 2.71 bits per heavy atom. The number of nitrogens with zero attached hydrogens (tertiary/aromatic N) is 4. The molecule has 0 spiro atoms. The molecule has 112 valence electrons. The van der Waals surface area contributed by atoms with Crippen LogP contribution in [0, 0.1) is 6.92 Å². The summed E-state index contributed by atoms with van der Waals surface area (Å²) in [5.74, 6) is 0.399. The minimum Gasteiger partial charge on any atom is -0.353 e. The van der Waals surface area contributed by atoms with E-state index in [-0.39, 0.29) is 12.5 Å². The van der Waals surface area contributed by atoms with E-state index < -0.39 is 0 Å². The molecule has 0 fully saturated rings. The summed E-state index contributed by atoms with van der Waals surface area (Å²) in [6, 6.07) is 7.85. The molecule has 21 heavy (non-hydrogen) atoms. The molecule has 0 radical (unpaired) electrons. The van der Waals surface area contributed by atoms with Crippen LogP contribution in [0.25, 0.3) is 11.4 Å². The maximum Gasteiger partial charge on any atom is 0.243 e. The van der Waals surface area contributed by atoms with Gasteiger partial charge in [-0.15, -0.1) is 10.2 Å². The molecule has 0 aliphatic carbocycles. The van der Waals surface area contributed by atoms with E-state index in [1.54, 1.807) is 0 Å². The van der Waals surface area contributed by atoms with Crippen molar-refractivity contribution in [2.75, 3.05) is 19.6 Å². The number of nitrogens with one attached hydrogen (secondary N) is 2. The van der Waals surface area contributed by atoms with Gasteiger partial charge in [0.2, 0.25) is 11.7 Å². The SMILES string of the molecule is CCNCCNC(=O)Cn1nnc(-c2ccc(C)cc2)n1. The van der Waals surface area contributed by atoms with Gasteiger partial charge in [-0.2, -0.15) is 4.80 Å². The van der Waals surface area contributed by atoms with Crippen molar-refractivity contribution in [2.45, 2.75) is 20.4 Å². The number of rotatable bonds is 7. The Morgan fingerprint density at radius 1 is 1.24 bits per heavy atom. The lowest BCUT2D eigenvalue weighted by Crippen LogP contribution is -2.34. The normalized spacial score (nSPS) is 10.6. The molecule has 1 aromatic carbocycles. The Balaban J connectivity index is 1.88. The number of carbonyl (C=O) groups excluding carboxylic acids is 1. The van der Waals surface area contributed by atoms with E-state index >= 15 is 0 Å². The smallest absolute Gasteiger partial charge is 0.243 e. The Labute approximate surface area is 123 Å². The molecule has 0 unspecified atom stereocenters. The van der Waals surface area contributed by atoms with Crippen LogP contribution in [0.15, 0.2) is 24.3 Å². The fourth-order valence-corrected chi connectivity index (χ4v) is 1.78. The molecule has 0 saturated heterocycles. The van der Waals surface area contributed by atoms with Crippen molar-refractivity contribution in [3.8, 4) is 11.4 Å². The van der Waals surface area contributed by atoms with Crippen LogP contribution in [0.5, 0.6) is 0 Å². The largest absolute Gasteiger partial charge is 0.353 e. The number of hydrogen-bond donors (Lipinski definition) is 2. The zero-order valence-electron chi connectivity index (χ0n) is 12.3. The molecule has 0 aliphatic heterocycles. The molecule has 0 saturated carbocycles. The summed E-state index contributed by atoms with van der Waals surface area (Å²) in [5.41, 5.74) is 2.06. The van der Waals surface area contributed by atoms with E-state index in [9.17, 15) is 4.79 Å². The van der Waals surface area contributed by atoms with Gasteiger partial charge < -0.3 is 10.6 Å². The Hall–Kier alpha value is -2.28. The summed E-state index contributed by atoms with van der Waals surface area (Å²) < 4.78 is 0. The highest BCUT2D eigenvalue weighted by atomic mass is 16.2. The second-order valence-electron chi connectivity index (χ2n) is 4.71. The van der Waals surface area contributed by atoms with Crippen LogP contribution in [-0.4, -0.2) is 45.7 Å². The fourth-order valence-electron chi connectivity index (χ4n) is 1.78.